The van der Waals surface area contributed by atoms with E-state index in [2.05, 4.69) is 30.8 Å². The third-order valence-electron chi connectivity index (χ3n) is 5.09. The number of hydrogen-bond acceptors (Lipinski definition) is 10. The highest BCUT2D eigenvalue weighted by Crippen LogP contribution is 2.32. The van der Waals surface area contributed by atoms with Gasteiger partial charge in [0.05, 0.1) is 11.1 Å². The second-order valence-electron chi connectivity index (χ2n) is 8.09. The molecular formula is C24H23FN8O3. The van der Waals surface area contributed by atoms with Crippen molar-refractivity contribution in [2.24, 2.45) is 5.10 Å². The first-order chi connectivity index (χ1) is 17.2. The molecule has 4 aromatic rings. The molecular weight excluding hydrogens is 467 g/mol. The maximum absolute atomic E-state index is 13.2. The summed E-state index contributed by atoms with van der Waals surface area (Å²) >= 11 is 0. The van der Waals surface area contributed by atoms with E-state index in [9.17, 15) is 14.5 Å². The van der Waals surface area contributed by atoms with Crippen LogP contribution in [0.25, 0.3) is 11.3 Å². The summed E-state index contributed by atoms with van der Waals surface area (Å²) in [4.78, 5) is 25.6. The summed E-state index contributed by atoms with van der Waals surface area (Å²) in [5.41, 5.74) is 5.31. The SMILES string of the molecule is Cc1cc(-c2ccc(C=NNc3nc(Nc4ccc(F)cc4)nc(N(C)C)n3)o2)c(C)c([N+](=O)[O-])c1. The van der Waals surface area contributed by atoms with Crippen molar-refractivity contribution in [3.8, 4) is 11.3 Å². The van der Waals surface area contributed by atoms with Crippen LogP contribution in [0.5, 0.6) is 0 Å². The largest absolute Gasteiger partial charge is 0.455 e. The summed E-state index contributed by atoms with van der Waals surface area (Å²) in [5.74, 6) is 1.36. The smallest absolute Gasteiger partial charge is 0.273 e. The summed E-state index contributed by atoms with van der Waals surface area (Å²) in [6, 6.07) is 12.6. The van der Waals surface area contributed by atoms with E-state index >= 15 is 0 Å². The Kier molecular flexibility index (Phi) is 6.86. The first-order valence-electron chi connectivity index (χ1n) is 10.8. The number of nitro groups is 1. The van der Waals surface area contributed by atoms with Crippen LogP contribution in [-0.4, -0.2) is 40.2 Å². The lowest BCUT2D eigenvalue weighted by atomic mass is 10.0. The number of anilines is 4. The van der Waals surface area contributed by atoms with Crippen LogP contribution in [0.4, 0.5) is 33.6 Å². The van der Waals surface area contributed by atoms with E-state index in [1.807, 2.05) is 6.07 Å². The molecule has 0 saturated carbocycles. The number of benzene rings is 2. The van der Waals surface area contributed by atoms with Crippen molar-refractivity contribution in [1.29, 1.82) is 0 Å². The molecule has 11 nitrogen and oxygen atoms in total. The third kappa shape index (κ3) is 5.60. The van der Waals surface area contributed by atoms with Gasteiger partial charge >= 0.3 is 0 Å². The molecule has 0 fully saturated rings. The van der Waals surface area contributed by atoms with Gasteiger partial charge in [0, 0.05) is 37.0 Å². The fourth-order valence-electron chi connectivity index (χ4n) is 3.34. The van der Waals surface area contributed by atoms with Crippen LogP contribution in [0.2, 0.25) is 0 Å². The van der Waals surface area contributed by atoms with E-state index in [1.54, 1.807) is 57.1 Å². The molecule has 0 saturated heterocycles. The van der Waals surface area contributed by atoms with E-state index < -0.39 is 4.92 Å². The quantitative estimate of drug-likeness (QED) is 0.198. The van der Waals surface area contributed by atoms with E-state index in [1.165, 1.54) is 24.4 Å². The molecule has 4 rings (SSSR count). The van der Waals surface area contributed by atoms with E-state index in [0.29, 0.717) is 34.3 Å². The van der Waals surface area contributed by atoms with Gasteiger partial charge in [-0.15, -0.1) is 0 Å². The highest BCUT2D eigenvalue weighted by Gasteiger charge is 2.18. The van der Waals surface area contributed by atoms with Gasteiger partial charge in [0.25, 0.3) is 5.69 Å². The lowest BCUT2D eigenvalue weighted by molar-refractivity contribution is -0.385. The molecule has 0 bridgehead atoms. The maximum Gasteiger partial charge on any atom is 0.273 e. The van der Waals surface area contributed by atoms with Gasteiger partial charge < -0.3 is 14.6 Å². The van der Waals surface area contributed by atoms with Crippen LogP contribution in [-0.2, 0) is 0 Å². The highest BCUT2D eigenvalue weighted by atomic mass is 19.1. The normalized spacial score (nSPS) is 11.0. The number of hydrogen-bond donors (Lipinski definition) is 2. The molecule has 0 spiro atoms. The van der Waals surface area contributed by atoms with Crippen LogP contribution in [0, 0.1) is 29.8 Å². The molecule has 0 aliphatic heterocycles. The Labute approximate surface area is 205 Å². The summed E-state index contributed by atoms with van der Waals surface area (Å²) in [6.07, 6.45) is 1.44. The Bertz CT molecular complexity index is 1430. The van der Waals surface area contributed by atoms with Gasteiger partial charge in [0.2, 0.25) is 17.8 Å². The average Bonchev–Trinajstić information content (AvgIpc) is 3.30. The zero-order chi connectivity index (χ0) is 25.8. The predicted molar refractivity (Wildman–Crippen MR) is 135 cm³/mol. The topological polar surface area (TPSA) is 135 Å². The molecule has 0 atom stereocenters. The van der Waals surface area contributed by atoms with Gasteiger partial charge in [-0.05, 0) is 61.9 Å². The number of rotatable bonds is 8. The second kappa shape index (κ2) is 10.2. The van der Waals surface area contributed by atoms with Crippen molar-refractivity contribution < 1.29 is 13.7 Å². The molecule has 2 aromatic heterocycles. The van der Waals surface area contributed by atoms with Crippen molar-refractivity contribution in [3.05, 3.63) is 81.3 Å². The minimum atomic E-state index is -0.406. The Morgan fingerprint density at radius 2 is 1.78 bits per heavy atom. The van der Waals surface area contributed by atoms with Gasteiger partial charge in [-0.1, -0.05) is 0 Å². The van der Waals surface area contributed by atoms with Gasteiger partial charge in [-0.3, -0.25) is 10.1 Å². The number of halogens is 1. The minimum absolute atomic E-state index is 0.0369. The van der Waals surface area contributed by atoms with Crippen molar-refractivity contribution in [3.63, 3.8) is 0 Å². The Morgan fingerprint density at radius 1 is 1.06 bits per heavy atom. The predicted octanol–water partition coefficient (Wildman–Crippen LogP) is 5.05. The maximum atomic E-state index is 13.2. The van der Waals surface area contributed by atoms with Crippen molar-refractivity contribution >= 4 is 35.4 Å². The van der Waals surface area contributed by atoms with Gasteiger partial charge in [0.1, 0.15) is 17.3 Å². The molecule has 0 aliphatic rings. The van der Waals surface area contributed by atoms with E-state index in [4.69, 9.17) is 4.42 Å². The van der Waals surface area contributed by atoms with Crippen LogP contribution in [0.1, 0.15) is 16.9 Å². The summed E-state index contributed by atoms with van der Waals surface area (Å²) in [7, 11) is 3.57. The first-order valence-corrected chi connectivity index (χ1v) is 10.8. The van der Waals surface area contributed by atoms with Crippen molar-refractivity contribution in [2.45, 2.75) is 13.8 Å². The van der Waals surface area contributed by atoms with Crippen LogP contribution < -0.4 is 15.6 Å². The average molecular weight is 490 g/mol. The molecule has 184 valence electrons. The molecule has 2 aromatic carbocycles. The third-order valence-corrected chi connectivity index (χ3v) is 5.09. The van der Waals surface area contributed by atoms with Crippen molar-refractivity contribution in [1.82, 2.24) is 15.0 Å². The van der Waals surface area contributed by atoms with Crippen LogP contribution in [0.3, 0.4) is 0 Å². The summed E-state index contributed by atoms with van der Waals surface area (Å²) < 4.78 is 19.0. The summed E-state index contributed by atoms with van der Waals surface area (Å²) in [6.45, 7) is 3.48. The first kappa shape index (κ1) is 24.3. The monoisotopic (exact) mass is 490 g/mol. The lowest BCUT2D eigenvalue weighted by Crippen LogP contribution is -2.15. The highest BCUT2D eigenvalue weighted by molar-refractivity contribution is 5.79. The second-order valence-corrected chi connectivity index (χ2v) is 8.09. The molecule has 2 N–H and O–H groups in total. The fourth-order valence-corrected chi connectivity index (χ4v) is 3.34. The fraction of sp³-hybridized carbons (Fsp3) is 0.167. The molecule has 12 heteroatoms. The van der Waals surface area contributed by atoms with E-state index in [-0.39, 0.29) is 23.4 Å². The minimum Gasteiger partial charge on any atom is -0.455 e. The number of aryl methyl sites for hydroxylation is 1. The molecule has 0 amide bonds. The number of nitro benzene ring substituents is 1. The zero-order valence-corrected chi connectivity index (χ0v) is 20.0. The van der Waals surface area contributed by atoms with Gasteiger partial charge in [-0.2, -0.15) is 20.1 Å². The molecule has 36 heavy (non-hydrogen) atoms. The molecule has 0 aliphatic carbocycles. The molecule has 0 radical (unpaired) electrons. The Balaban J connectivity index is 1.53. The summed E-state index contributed by atoms with van der Waals surface area (Å²) in [5, 5.41) is 18.5. The molecule has 0 unspecified atom stereocenters. The number of aromatic nitrogens is 3. The van der Waals surface area contributed by atoms with Gasteiger partial charge in [0.15, 0.2) is 0 Å². The van der Waals surface area contributed by atoms with Crippen LogP contribution >= 0.6 is 0 Å². The van der Waals surface area contributed by atoms with E-state index in [0.717, 1.165) is 5.56 Å². The number of furan rings is 1. The standard InChI is InChI=1S/C24H23FN8O3/c1-14-11-19(15(2)20(12-14)33(34)35)21-10-9-18(36-21)13-26-31-23-28-22(29-24(30-23)32(3)4)27-17-7-5-16(25)6-8-17/h5-13H,1-4H3,(H2,27,28,29,30,31). The Morgan fingerprint density at radius 3 is 2.47 bits per heavy atom. The van der Waals surface area contributed by atoms with Crippen molar-refractivity contribution in [2.75, 3.05) is 29.7 Å². The number of nitrogens with zero attached hydrogens (tertiary/aromatic N) is 6. The molecule has 2 heterocycles. The lowest BCUT2D eigenvalue weighted by Gasteiger charge is -2.13. The number of nitrogens with one attached hydrogen (secondary N) is 2. The zero-order valence-electron chi connectivity index (χ0n) is 20.0. The number of hydrazone groups is 1. The van der Waals surface area contributed by atoms with Crippen LogP contribution in [0.15, 0.2) is 58.0 Å². The Hall–Kier alpha value is -4.87. The van der Waals surface area contributed by atoms with Gasteiger partial charge in [-0.25, -0.2) is 9.82 Å².